The lowest BCUT2D eigenvalue weighted by atomic mass is 10.4. The van der Waals surface area contributed by atoms with Crippen LogP contribution in [0.15, 0.2) is 0 Å². The van der Waals surface area contributed by atoms with E-state index in [9.17, 15) is 13.2 Å². The average Bonchev–Trinajstić information content (AvgIpc) is 2.29. The van der Waals surface area contributed by atoms with Crippen LogP contribution in [0.2, 0.25) is 0 Å². The molecule has 19 heavy (non-hydrogen) atoms. The minimum absolute atomic E-state index is 0.0633. The molecule has 8 nitrogen and oxygen atoms in total. The minimum atomic E-state index is -3.63. The molecular weight excluding hydrogens is 274 g/mol. The molecule has 2 N–H and O–H groups in total. The molecule has 0 aromatic rings. The van der Waals surface area contributed by atoms with Crippen LogP contribution in [-0.2, 0) is 19.7 Å². The SMILES string of the molecule is CN(C)CCOCCNS(=O)(=O)N(C)CCC(=O)O. The number of hydrogen-bond acceptors (Lipinski definition) is 5. The molecule has 0 radical (unpaired) electrons. The van der Waals surface area contributed by atoms with Crippen LogP contribution in [0.3, 0.4) is 0 Å². The zero-order chi connectivity index (χ0) is 14.9. The third-order valence-electron chi connectivity index (χ3n) is 2.26. The van der Waals surface area contributed by atoms with Crippen molar-refractivity contribution in [2.24, 2.45) is 0 Å². The van der Waals surface area contributed by atoms with Gasteiger partial charge in [-0.2, -0.15) is 17.4 Å². The molecule has 0 rings (SSSR count). The van der Waals surface area contributed by atoms with Crippen molar-refractivity contribution in [1.29, 1.82) is 0 Å². The van der Waals surface area contributed by atoms with E-state index in [0.717, 1.165) is 10.8 Å². The minimum Gasteiger partial charge on any atom is -0.481 e. The Hall–Kier alpha value is -0.740. The van der Waals surface area contributed by atoms with Crippen LogP contribution < -0.4 is 4.72 Å². The van der Waals surface area contributed by atoms with Crippen molar-refractivity contribution in [3.63, 3.8) is 0 Å². The van der Waals surface area contributed by atoms with Gasteiger partial charge in [0.1, 0.15) is 0 Å². The summed E-state index contributed by atoms with van der Waals surface area (Å²) in [6.07, 6.45) is -0.225. The summed E-state index contributed by atoms with van der Waals surface area (Å²) in [6, 6.07) is 0. The van der Waals surface area contributed by atoms with Crippen molar-refractivity contribution in [2.75, 3.05) is 54.0 Å². The molecule has 0 aliphatic heterocycles. The Morgan fingerprint density at radius 2 is 1.84 bits per heavy atom. The van der Waals surface area contributed by atoms with Gasteiger partial charge >= 0.3 is 5.97 Å². The molecule has 114 valence electrons. The highest BCUT2D eigenvalue weighted by Gasteiger charge is 2.17. The van der Waals surface area contributed by atoms with Crippen LogP contribution in [-0.4, -0.2) is 82.7 Å². The molecule has 0 spiro atoms. The number of aliphatic carboxylic acids is 1. The van der Waals surface area contributed by atoms with Gasteiger partial charge in [-0.3, -0.25) is 4.79 Å². The summed E-state index contributed by atoms with van der Waals surface area (Å²) in [4.78, 5) is 12.3. The smallest absolute Gasteiger partial charge is 0.304 e. The molecule has 0 aliphatic carbocycles. The lowest BCUT2D eigenvalue weighted by Gasteiger charge is -2.16. The first kappa shape index (κ1) is 18.3. The molecule has 0 heterocycles. The molecule has 0 aliphatic rings. The van der Waals surface area contributed by atoms with Crippen LogP contribution in [0.25, 0.3) is 0 Å². The van der Waals surface area contributed by atoms with Crippen molar-refractivity contribution in [2.45, 2.75) is 6.42 Å². The van der Waals surface area contributed by atoms with Gasteiger partial charge in [0.2, 0.25) is 0 Å². The third kappa shape index (κ3) is 9.79. The van der Waals surface area contributed by atoms with E-state index in [0.29, 0.717) is 6.61 Å². The Morgan fingerprint density at radius 3 is 2.37 bits per heavy atom. The number of ether oxygens (including phenoxy) is 1. The van der Waals surface area contributed by atoms with E-state index in [4.69, 9.17) is 9.84 Å². The Kier molecular flexibility index (Phi) is 8.85. The fourth-order valence-corrected chi connectivity index (χ4v) is 1.97. The van der Waals surface area contributed by atoms with Crippen LogP contribution in [0.5, 0.6) is 0 Å². The van der Waals surface area contributed by atoms with Crippen molar-refractivity contribution in [3.05, 3.63) is 0 Å². The molecule has 0 saturated heterocycles. The molecule has 0 aromatic carbocycles. The first-order valence-electron chi connectivity index (χ1n) is 5.91. The second-order valence-corrected chi connectivity index (χ2v) is 6.14. The van der Waals surface area contributed by atoms with Gasteiger partial charge in [-0.05, 0) is 14.1 Å². The van der Waals surface area contributed by atoms with E-state index in [1.54, 1.807) is 0 Å². The lowest BCUT2D eigenvalue weighted by Crippen LogP contribution is -2.40. The second-order valence-electron chi connectivity index (χ2n) is 4.28. The van der Waals surface area contributed by atoms with Crippen molar-refractivity contribution >= 4 is 16.2 Å². The number of nitrogens with one attached hydrogen (secondary N) is 1. The van der Waals surface area contributed by atoms with Crippen LogP contribution in [0.4, 0.5) is 0 Å². The molecule has 0 bridgehead atoms. The van der Waals surface area contributed by atoms with Gasteiger partial charge in [-0.15, -0.1) is 0 Å². The molecule has 0 saturated carbocycles. The summed E-state index contributed by atoms with van der Waals surface area (Å²) in [5.74, 6) is -1.03. The zero-order valence-electron chi connectivity index (χ0n) is 11.6. The highest BCUT2D eigenvalue weighted by molar-refractivity contribution is 7.87. The number of likely N-dealkylation sites (N-methyl/N-ethyl adjacent to an activating group) is 1. The van der Waals surface area contributed by atoms with E-state index < -0.39 is 16.2 Å². The third-order valence-corrected chi connectivity index (χ3v) is 3.84. The normalized spacial score (nSPS) is 12.3. The molecule has 0 fully saturated rings. The van der Waals surface area contributed by atoms with Gasteiger partial charge in [0.05, 0.1) is 19.6 Å². The van der Waals surface area contributed by atoms with Gasteiger partial charge in [0.25, 0.3) is 10.2 Å². The number of rotatable bonds is 11. The van der Waals surface area contributed by atoms with Crippen molar-refractivity contribution < 1.29 is 23.1 Å². The van der Waals surface area contributed by atoms with Gasteiger partial charge in [-0.25, -0.2) is 0 Å². The summed E-state index contributed by atoms with van der Waals surface area (Å²) >= 11 is 0. The topological polar surface area (TPSA) is 99.2 Å². The largest absolute Gasteiger partial charge is 0.481 e. The molecule has 9 heteroatoms. The van der Waals surface area contributed by atoms with Gasteiger partial charge in [-0.1, -0.05) is 0 Å². The molecular formula is C10H23N3O5S. The fraction of sp³-hybridized carbons (Fsp3) is 0.900. The summed E-state index contributed by atoms with van der Waals surface area (Å²) in [5, 5.41) is 8.48. The number of hydrogen-bond donors (Lipinski definition) is 2. The number of carboxylic acids is 1. The van der Waals surface area contributed by atoms with E-state index >= 15 is 0 Å². The summed E-state index contributed by atoms with van der Waals surface area (Å²) in [7, 11) is 1.54. The van der Waals surface area contributed by atoms with Crippen molar-refractivity contribution in [3.8, 4) is 0 Å². The van der Waals surface area contributed by atoms with Gasteiger partial charge in [0.15, 0.2) is 0 Å². The summed E-state index contributed by atoms with van der Waals surface area (Å²) in [6.45, 7) is 1.67. The maximum atomic E-state index is 11.6. The standard InChI is InChI=1S/C10H23N3O5S/c1-12(2)7-9-18-8-5-11-19(16,17)13(3)6-4-10(14)15/h11H,4-9H2,1-3H3,(H,14,15). The van der Waals surface area contributed by atoms with E-state index in [1.165, 1.54) is 7.05 Å². The predicted octanol–water partition coefficient (Wildman–Crippen LogP) is -1.19. The van der Waals surface area contributed by atoms with E-state index in [2.05, 4.69) is 4.72 Å². The Morgan fingerprint density at radius 1 is 1.21 bits per heavy atom. The quantitative estimate of drug-likeness (QED) is 0.465. The first-order chi connectivity index (χ1) is 8.75. The van der Waals surface area contributed by atoms with Gasteiger partial charge < -0.3 is 14.7 Å². The Labute approximate surface area is 114 Å². The van der Waals surface area contributed by atoms with Crippen molar-refractivity contribution in [1.82, 2.24) is 13.9 Å². The fourth-order valence-electron chi connectivity index (χ4n) is 1.08. The molecule has 0 unspecified atom stereocenters. The predicted molar refractivity (Wildman–Crippen MR) is 71.2 cm³/mol. The van der Waals surface area contributed by atoms with E-state index in [-0.39, 0.29) is 26.1 Å². The summed E-state index contributed by atoms with van der Waals surface area (Å²) < 4.78 is 31.8. The zero-order valence-corrected chi connectivity index (χ0v) is 12.4. The molecule has 0 aromatic heterocycles. The summed E-state index contributed by atoms with van der Waals surface area (Å²) in [5.41, 5.74) is 0. The lowest BCUT2D eigenvalue weighted by molar-refractivity contribution is -0.137. The maximum absolute atomic E-state index is 11.6. The van der Waals surface area contributed by atoms with Crippen LogP contribution in [0.1, 0.15) is 6.42 Å². The number of carbonyl (C=O) groups is 1. The average molecular weight is 297 g/mol. The molecule has 0 atom stereocenters. The maximum Gasteiger partial charge on any atom is 0.304 e. The Bertz CT molecular complexity index is 358. The molecule has 0 amide bonds. The number of nitrogens with zero attached hydrogens (tertiary/aromatic N) is 2. The first-order valence-corrected chi connectivity index (χ1v) is 7.35. The van der Waals surface area contributed by atoms with Crippen LogP contribution in [0, 0.1) is 0 Å². The van der Waals surface area contributed by atoms with E-state index in [1.807, 2.05) is 19.0 Å². The highest BCUT2D eigenvalue weighted by atomic mass is 32.2. The van der Waals surface area contributed by atoms with Gasteiger partial charge in [0, 0.05) is 26.7 Å². The highest BCUT2D eigenvalue weighted by Crippen LogP contribution is 1.95. The Balaban J connectivity index is 3.81. The van der Waals surface area contributed by atoms with Crippen LogP contribution >= 0.6 is 0 Å². The monoisotopic (exact) mass is 297 g/mol. The number of carboxylic acid groups (broad SMARTS) is 1. The second kappa shape index (κ2) is 9.21.